The summed E-state index contributed by atoms with van der Waals surface area (Å²) in [5.74, 6) is -1.05. The van der Waals surface area contributed by atoms with Crippen molar-refractivity contribution in [2.75, 3.05) is 6.54 Å². The molecule has 1 N–H and O–H groups in total. The van der Waals surface area contributed by atoms with Crippen molar-refractivity contribution in [3.8, 4) is 0 Å². The molecule has 1 aromatic rings. The maximum absolute atomic E-state index is 10.7. The van der Waals surface area contributed by atoms with Crippen LogP contribution < -0.4 is 40.0 Å². The largest absolute Gasteiger partial charge is 1.00 e. The van der Waals surface area contributed by atoms with Gasteiger partial charge in [-0.2, -0.15) is 0 Å². The van der Waals surface area contributed by atoms with Crippen molar-refractivity contribution in [2.24, 2.45) is 0 Å². The summed E-state index contributed by atoms with van der Waals surface area (Å²) in [5.41, 5.74) is 1.95. The molecule has 0 radical (unpaired) electrons. The van der Waals surface area contributed by atoms with Crippen LogP contribution in [0.5, 0.6) is 0 Å². The second-order valence-electron chi connectivity index (χ2n) is 3.15. The van der Waals surface area contributed by atoms with Gasteiger partial charge in [-0.25, -0.2) is 0 Å². The maximum atomic E-state index is 10.7. The van der Waals surface area contributed by atoms with Gasteiger partial charge in [0, 0.05) is 6.54 Å². The van der Waals surface area contributed by atoms with Crippen LogP contribution in [0.25, 0.3) is 0 Å². The van der Waals surface area contributed by atoms with Crippen molar-refractivity contribution in [3.05, 3.63) is 35.4 Å². The number of carbonyl (C=O) groups excluding carboxylic acids is 1. The van der Waals surface area contributed by atoms with Crippen LogP contribution in [0.3, 0.4) is 0 Å². The normalized spacial score (nSPS) is 19.3. The van der Waals surface area contributed by atoms with E-state index in [1.807, 2.05) is 24.3 Å². The summed E-state index contributed by atoms with van der Waals surface area (Å²) in [5, 5.41) is 13.7. The van der Waals surface area contributed by atoms with Gasteiger partial charge in [0.25, 0.3) is 0 Å². The van der Waals surface area contributed by atoms with Gasteiger partial charge < -0.3 is 15.2 Å². The Labute approximate surface area is 105 Å². The quantitative estimate of drug-likeness (QED) is 0.480. The number of carbonyl (C=O) groups is 1. The topological polar surface area (TPSA) is 52.2 Å². The van der Waals surface area contributed by atoms with Crippen LogP contribution in [-0.4, -0.2) is 12.5 Å². The van der Waals surface area contributed by atoms with Gasteiger partial charge in [-0.15, -0.1) is 0 Å². The molecule has 0 amide bonds. The molecule has 0 saturated carbocycles. The molecule has 0 aromatic heterocycles. The number of fused-ring (bicyclic) bond motifs is 1. The maximum Gasteiger partial charge on any atom is 1.00 e. The fourth-order valence-corrected chi connectivity index (χ4v) is 1.71. The number of carboxylic acids is 1. The fraction of sp³-hybridized carbons (Fsp3) is 0.300. The molecule has 0 aliphatic carbocycles. The molecule has 0 unspecified atom stereocenters. The number of aliphatic carboxylic acids is 1. The van der Waals surface area contributed by atoms with E-state index in [4.69, 9.17) is 0 Å². The predicted molar refractivity (Wildman–Crippen MR) is 45.9 cm³/mol. The molecule has 1 aliphatic rings. The van der Waals surface area contributed by atoms with Crippen molar-refractivity contribution >= 4 is 5.97 Å². The zero-order valence-corrected chi connectivity index (χ0v) is 10.1. The van der Waals surface area contributed by atoms with Gasteiger partial charge in [-0.3, -0.25) is 0 Å². The van der Waals surface area contributed by atoms with E-state index in [2.05, 4.69) is 5.32 Å². The van der Waals surface area contributed by atoms with Gasteiger partial charge in [0.05, 0.1) is 12.0 Å². The Morgan fingerprint density at radius 3 is 2.86 bits per heavy atom. The van der Waals surface area contributed by atoms with E-state index in [1.54, 1.807) is 0 Å². The molecule has 68 valence electrons. The van der Waals surface area contributed by atoms with Crippen LogP contribution in [0.4, 0.5) is 0 Å². The molecule has 1 aliphatic heterocycles. The summed E-state index contributed by atoms with van der Waals surface area (Å²) in [4.78, 5) is 10.7. The molecule has 1 heterocycles. The first-order chi connectivity index (χ1) is 6.29. The van der Waals surface area contributed by atoms with Crippen molar-refractivity contribution < 1.29 is 39.5 Å². The minimum atomic E-state index is -1.05. The van der Waals surface area contributed by atoms with Gasteiger partial charge in [0.15, 0.2) is 0 Å². The monoisotopic (exact) mass is 199 g/mol. The third-order valence-electron chi connectivity index (χ3n) is 2.34. The van der Waals surface area contributed by atoms with Crippen LogP contribution in [0.2, 0.25) is 0 Å². The molecule has 4 heteroatoms. The Kier molecular flexibility index (Phi) is 4.13. The average molecular weight is 199 g/mol. The third kappa shape index (κ3) is 2.17. The summed E-state index contributed by atoms with van der Waals surface area (Å²) < 4.78 is 0. The Morgan fingerprint density at radius 2 is 2.14 bits per heavy atom. The molecule has 2 rings (SSSR count). The molecule has 3 nitrogen and oxygen atoms in total. The van der Waals surface area contributed by atoms with E-state index in [0.717, 1.165) is 17.5 Å². The van der Waals surface area contributed by atoms with E-state index >= 15 is 0 Å². The second kappa shape index (κ2) is 4.94. The van der Waals surface area contributed by atoms with E-state index in [-0.39, 0.29) is 29.6 Å². The number of rotatable bonds is 1. The smallest absolute Gasteiger partial charge is 0.548 e. The van der Waals surface area contributed by atoms with Crippen molar-refractivity contribution in [3.63, 3.8) is 0 Å². The van der Waals surface area contributed by atoms with E-state index < -0.39 is 12.0 Å². The number of hydrogen-bond donors (Lipinski definition) is 1. The second-order valence-corrected chi connectivity index (χ2v) is 3.15. The van der Waals surface area contributed by atoms with Crippen molar-refractivity contribution in [2.45, 2.75) is 12.5 Å². The van der Waals surface area contributed by atoms with Gasteiger partial charge in [-0.05, 0) is 17.5 Å². The predicted octanol–water partition coefficient (Wildman–Crippen LogP) is -3.37. The van der Waals surface area contributed by atoms with Gasteiger partial charge >= 0.3 is 29.6 Å². The minimum absolute atomic E-state index is 0. The molecule has 0 fully saturated rings. The molecule has 1 atom stereocenters. The molecule has 14 heavy (non-hydrogen) atoms. The van der Waals surface area contributed by atoms with E-state index in [1.165, 1.54) is 0 Å². The van der Waals surface area contributed by atoms with E-state index in [9.17, 15) is 9.90 Å². The minimum Gasteiger partial charge on any atom is -0.548 e. The summed E-state index contributed by atoms with van der Waals surface area (Å²) in [6.07, 6.45) is 0.889. The average Bonchev–Trinajstić information content (AvgIpc) is 2.17. The third-order valence-corrected chi connectivity index (χ3v) is 2.34. The Bertz CT molecular complexity index is 341. The first-order valence-electron chi connectivity index (χ1n) is 4.31. The number of carboxylic acid groups (broad SMARTS) is 1. The summed E-state index contributed by atoms with van der Waals surface area (Å²) in [6, 6.07) is 6.94. The van der Waals surface area contributed by atoms with Crippen LogP contribution in [-0.2, 0) is 11.2 Å². The number of benzene rings is 1. The Morgan fingerprint density at radius 1 is 1.43 bits per heavy atom. The summed E-state index contributed by atoms with van der Waals surface area (Å²) in [6.45, 7) is 0.704. The zero-order chi connectivity index (χ0) is 9.26. The van der Waals surface area contributed by atoms with Crippen LogP contribution in [0.1, 0.15) is 17.2 Å². The molecular formula is C10H10NNaO2. The van der Waals surface area contributed by atoms with Crippen molar-refractivity contribution in [1.29, 1.82) is 0 Å². The molecule has 1 aromatic carbocycles. The number of hydrogen-bond acceptors (Lipinski definition) is 3. The Balaban J connectivity index is 0.000000980. The first kappa shape index (κ1) is 11.7. The van der Waals surface area contributed by atoms with Gasteiger partial charge in [0.1, 0.15) is 0 Å². The molecular weight excluding hydrogens is 189 g/mol. The van der Waals surface area contributed by atoms with Gasteiger partial charge in [0.2, 0.25) is 0 Å². The van der Waals surface area contributed by atoms with Crippen LogP contribution in [0, 0.1) is 0 Å². The first-order valence-corrected chi connectivity index (χ1v) is 4.31. The van der Waals surface area contributed by atoms with Crippen molar-refractivity contribution in [1.82, 2.24) is 5.32 Å². The zero-order valence-electron chi connectivity index (χ0n) is 8.12. The fourth-order valence-electron chi connectivity index (χ4n) is 1.71. The molecule has 0 bridgehead atoms. The summed E-state index contributed by atoms with van der Waals surface area (Å²) in [7, 11) is 0. The summed E-state index contributed by atoms with van der Waals surface area (Å²) >= 11 is 0. The standard InChI is InChI=1S/C10H11NO2.Na/c12-10(13)9-8-4-2-1-3-7(8)5-6-11-9;/h1-4,9,11H,5-6H2,(H,12,13);/q;+1/p-1/t9-;/m0./s1. The number of nitrogens with one attached hydrogen (secondary N) is 1. The van der Waals surface area contributed by atoms with Crippen LogP contribution >= 0.6 is 0 Å². The SMILES string of the molecule is O=C([O-])[C@H]1NCCc2ccccc21.[Na+]. The van der Waals surface area contributed by atoms with Gasteiger partial charge in [-0.1, -0.05) is 24.3 Å². The van der Waals surface area contributed by atoms with E-state index in [0.29, 0.717) is 6.54 Å². The molecule has 0 saturated heterocycles. The Hall–Kier alpha value is -0.350. The molecule has 0 spiro atoms. The van der Waals surface area contributed by atoms with Crippen LogP contribution in [0.15, 0.2) is 24.3 Å².